The van der Waals surface area contributed by atoms with Crippen molar-refractivity contribution in [3.63, 3.8) is 0 Å². The van der Waals surface area contributed by atoms with E-state index < -0.39 is 0 Å². The summed E-state index contributed by atoms with van der Waals surface area (Å²) in [6.07, 6.45) is 22.5. The third-order valence-corrected chi connectivity index (χ3v) is 13.2. The fourth-order valence-corrected chi connectivity index (χ4v) is 9.62. The normalized spacial score (nSPS) is 12.9. The fraction of sp³-hybridized carbons (Fsp3) is 0.0882. The van der Waals surface area contributed by atoms with Gasteiger partial charge in [-0.15, -0.1) is 0 Å². The molecule has 8 aromatic carbocycles. The van der Waals surface area contributed by atoms with Crippen LogP contribution >= 0.6 is 0 Å². The molecule has 1 heterocycles. The molecule has 0 atom stereocenters. The largest absolute Gasteiger partial charge is 0.293 e. The molecule has 3 heteroatoms. The second-order valence-corrected chi connectivity index (χ2v) is 17.9. The summed E-state index contributed by atoms with van der Waals surface area (Å²) in [5.41, 5.74) is 19.9. The Labute approximate surface area is 419 Å². The second-order valence-electron chi connectivity index (χ2n) is 17.9. The molecule has 0 bridgehead atoms. The van der Waals surface area contributed by atoms with E-state index in [-0.39, 0.29) is 0 Å². The maximum atomic E-state index is 5.30. The molecular weight excluding hydrogens is 859 g/mol. The molecular formula is C68H59N3. The molecule has 0 saturated carbocycles. The van der Waals surface area contributed by atoms with Crippen molar-refractivity contribution < 1.29 is 0 Å². The van der Waals surface area contributed by atoms with Gasteiger partial charge >= 0.3 is 0 Å². The van der Waals surface area contributed by atoms with Gasteiger partial charge in [-0.2, -0.15) is 0 Å². The zero-order valence-corrected chi connectivity index (χ0v) is 41.6. The quantitative estimate of drug-likeness (QED) is 0.0607. The predicted molar refractivity (Wildman–Crippen MR) is 310 cm³/mol. The Bertz CT molecular complexity index is 3700. The third-order valence-electron chi connectivity index (χ3n) is 13.2. The Kier molecular flexibility index (Phi) is 14.2. The van der Waals surface area contributed by atoms with Crippen LogP contribution in [-0.2, 0) is 0 Å². The van der Waals surface area contributed by atoms with E-state index in [2.05, 4.69) is 247 Å². The first-order valence-electron chi connectivity index (χ1n) is 24.4. The van der Waals surface area contributed by atoms with Gasteiger partial charge in [0.1, 0.15) is 5.82 Å². The molecule has 0 fully saturated rings. The molecule has 1 aromatic heterocycles. The van der Waals surface area contributed by atoms with Crippen LogP contribution in [0.1, 0.15) is 56.9 Å². The number of aromatic nitrogens is 2. The number of aliphatic imine (C=N–C) groups is 1. The fourth-order valence-electron chi connectivity index (χ4n) is 9.62. The average molecular weight is 918 g/mol. The van der Waals surface area contributed by atoms with Crippen molar-refractivity contribution in [1.29, 1.82) is 0 Å². The minimum Gasteiger partial charge on any atom is -0.293 e. The maximum Gasteiger partial charge on any atom is 0.145 e. The van der Waals surface area contributed by atoms with E-state index in [0.29, 0.717) is 0 Å². The summed E-state index contributed by atoms with van der Waals surface area (Å²) in [7, 11) is 0. The smallest absolute Gasteiger partial charge is 0.145 e. The molecule has 346 valence electrons. The van der Waals surface area contributed by atoms with E-state index in [9.17, 15) is 0 Å². The highest BCUT2D eigenvalue weighted by Crippen LogP contribution is 2.43. The van der Waals surface area contributed by atoms with E-state index in [1.807, 2.05) is 36.4 Å². The summed E-state index contributed by atoms with van der Waals surface area (Å²) >= 11 is 0. The van der Waals surface area contributed by atoms with Gasteiger partial charge in [0.25, 0.3) is 0 Å². The summed E-state index contributed by atoms with van der Waals surface area (Å²) in [5, 5.41) is 4.75. The minimum atomic E-state index is 0.914. The van der Waals surface area contributed by atoms with Crippen molar-refractivity contribution in [1.82, 2.24) is 9.55 Å². The number of hydrogen-bond acceptors (Lipinski definition) is 2. The highest BCUT2D eigenvalue weighted by Gasteiger charge is 2.20. The number of nitrogens with zero attached hydrogens (tertiary/aromatic N) is 3. The number of imidazole rings is 1. The van der Waals surface area contributed by atoms with Crippen molar-refractivity contribution in [2.45, 2.75) is 41.5 Å². The topological polar surface area (TPSA) is 30.2 Å². The lowest BCUT2D eigenvalue weighted by Crippen LogP contribution is -1.98. The summed E-state index contributed by atoms with van der Waals surface area (Å²) in [5.74, 6) is 0.914. The second kappa shape index (κ2) is 21.3. The number of rotatable bonds is 14. The van der Waals surface area contributed by atoms with Crippen LogP contribution in [0.15, 0.2) is 243 Å². The molecule has 0 aliphatic rings. The Hall–Kier alpha value is -8.66. The lowest BCUT2D eigenvalue weighted by atomic mass is 9.84. The lowest BCUT2D eigenvalue weighted by Gasteiger charge is -2.20. The van der Waals surface area contributed by atoms with Gasteiger partial charge in [-0.3, -0.25) is 9.56 Å². The number of aryl methyl sites for hydroxylation is 1. The molecule has 0 unspecified atom stereocenters. The van der Waals surface area contributed by atoms with Crippen molar-refractivity contribution in [2.24, 2.45) is 4.99 Å². The van der Waals surface area contributed by atoms with Crippen LogP contribution in [0, 0.1) is 6.92 Å². The van der Waals surface area contributed by atoms with Crippen LogP contribution in [0.3, 0.4) is 0 Å². The zero-order valence-electron chi connectivity index (χ0n) is 41.6. The molecule has 71 heavy (non-hydrogen) atoms. The monoisotopic (exact) mass is 917 g/mol. The number of allylic oxidation sites excluding steroid dienone is 14. The SMILES string of the molecule is C=C/C=C\C=C(/C)c1c2ccc(-c3ccc4c(c3)nc(-c3ccccc3)n4C(/C=C\C)=C/C)cc2c(/C(C)=C/C=C\C=C)c2ccc(-c3ccc(-c4ccc(C)c(N=C(C)c5ccccc5)c4)cc3)cc12. The van der Waals surface area contributed by atoms with Gasteiger partial charge < -0.3 is 0 Å². The van der Waals surface area contributed by atoms with Gasteiger partial charge in [-0.25, -0.2) is 4.98 Å². The van der Waals surface area contributed by atoms with E-state index in [0.717, 1.165) is 89.6 Å². The highest BCUT2D eigenvalue weighted by molar-refractivity contribution is 6.17. The van der Waals surface area contributed by atoms with Gasteiger partial charge in [0.15, 0.2) is 0 Å². The van der Waals surface area contributed by atoms with Crippen molar-refractivity contribution in [3.05, 3.63) is 260 Å². The summed E-state index contributed by atoms with van der Waals surface area (Å²) in [6, 6.07) is 56.9. The highest BCUT2D eigenvalue weighted by atomic mass is 15.1. The van der Waals surface area contributed by atoms with E-state index in [1.54, 1.807) is 0 Å². The lowest BCUT2D eigenvalue weighted by molar-refractivity contribution is 1.14. The molecule has 0 aliphatic carbocycles. The first kappa shape index (κ1) is 47.4. The Morgan fingerprint density at radius 2 is 1.03 bits per heavy atom. The molecule has 0 amide bonds. The average Bonchev–Trinajstić information content (AvgIpc) is 3.79. The van der Waals surface area contributed by atoms with Crippen LogP contribution in [0.4, 0.5) is 5.69 Å². The standard InChI is InChI=1S/C68H59N3/c1-9-13-17-24-47(6)66-60-40-37-55(57-38-41-65-64(45-57)70-68(53-28-21-16-22-29-53)71(65)58(12-4)23-11-3)43-62(60)67(48(7)25-18-14-10-2)59-39-36-54(42-61(59)66)51-32-34-52(35-33-51)56-31-30-46(5)63(44-56)69-49(8)50-26-19-15-20-27-50/h9-45H,1-2H2,3-8H3/b17-13-,18-14-,23-11-,47-24+,48-25+,58-12+,69-49?. The van der Waals surface area contributed by atoms with Crippen LogP contribution in [-0.4, -0.2) is 15.3 Å². The van der Waals surface area contributed by atoms with Crippen molar-refractivity contribution in [2.75, 3.05) is 0 Å². The molecule has 3 nitrogen and oxygen atoms in total. The van der Waals surface area contributed by atoms with E-state index in [4.69, 9.17) is 9.98 Å². The number of fused-ring (bicyclic) bond motifs is 3. The molecule has 0 saturated heterocycles. The summed E-state index contributed by atoms with van der Waals surface area (Å²) < 4.78 is 2.26. The molecule has 0 radical (unpaired) electrons. The molecule has 9 rings (SSSR count). The van der Waals surface area contributed by atoms with Crippen LogP contribution in [0.5, 0.6) is 0 Å². The Balaban J connectivity index is 1.19. The van der Waals surface area contributed by atoms with Gasteiger partial charge in [-0.05, 0) is 166 Å². The maximum absolute atomic E-state index is 5.30. The van der Waals surface area contributed by atoms with Crippen molar-refractivity contribution >= 4 is 60.8 Å². The van der Waals surface area contributed by atoms with Crippen LogP contribution in [0.25, 0.3) is 94.2 Å². The molecule has 0 spiro atoms. The minimum absolute atomic E-state index is 0.914. The van der Waals surface area contributed by atoms with Gasteiger partial charge in [0, 0.05) is 17.0 Å². The molecule has 0 N–H and O–H groups in total. The predicted octanol–water partition coefficient (Wildman–Crippen LogP) is 19.2. The van der Waals surface area contributed by atoms with Gasteiger partial charge in [-0.1, -0.05) is 201 Å². The zero-order chi connectivity index (χ0) is 49.4. The Morgan fingerprint density at radius 1 is 0.521 bits per heavy atom. The van der Waals surface area contributed by atoms with E-state index >= 15 is 0 Å². The van der Waals surface area contributed by atoms with Crippen molar-refractivity contribution in [3.8, 4) is 44.8 Å². The number of hydrogen-bond donors (Lipinski definition) is 0. The van der Waals surface area contributed by atoms with E-state index in [1.165, 1.54) is 38.2 Å². The molecule has 0 aliphatic heterocycles. The first-order chi connectivity index (χ1) is 34.7. The van der Waals surface area contributed by atoms with Gasteiger partial charge in [0.2, 0.25) is 0 Å². The van der Waals surface area contributed by atoms with Crippen LogP contribution in [0.2, 0.25) is 0 Å². The van der Waals surface area contributed by atoms with Crippen LogP contribution < -0.4 is 0 Å². The summed E-state index contributed by atoms with van der Waals surface area (Å²) in [4.78, 5) is 10.4. The Morgan fingerprint density at radius 3 is 1.59 bits per heavy atom. The number of benzene rings is 8. The molecule has 9 aromatic rings. The third kappa shape index (κ3) is 9.82. The first-order valence-corrected chi connectivity index (χ1v) is 24.4. The van der Waals surface area contributed by atoms with Gasteiger partial charge in [0.05, 0.1) is 16.7 Å². The summed E-state index contributed by atoms with van der Waals surface area (Å²) in [6.45, 7) is 20.7.